The second-order valence-electron chi connectivity index (χ2n) is 5.94. The molecule has 0 aliphatic carbocycles. The molecule has 0 radical (unpaired) electrons. The van der Waals surface area contributed by atoms with Crippen molar-refractivity contribution in [3.8, 4) is 11.5 Å². The van der Waals surface area contributed by atoms with Gasteiger partial charge in [0.1, 0.15) is 0 Å². The van der Waals surface area contributed by atoms with Gasteiger partial charge in [-0.05, 0) is 42.7 Å². The molecule has 0 fully saturated rings. The molecule has 0 bridgehead atoms. The first-order chi connectivity index (χ1) is 13.0. The number of hydrogen-bond donors (Lipinski definition) is 0. The SMILES string of the molecule is CCc1ccc(C(=O)C(C)OC(=O)C=Cc2ccc(OC)c(OC)c2)cc1. The van der Waals surface area contributed by atoms with Crippen LogP contribution < -0.4 is 9.47 Å². The summed E-state index contributed by atoms with van der Waals surface area (Å²) >= 11 is 0. The average molecular weight is 368 g/mol. The van der Waals surface area contributed by atoms with Crippen LogP contribution in [0.25, 0.3) is 6.08 Å². The molecule has 0 aliphatic rings. The number of ether oxygens (including phenoxy) is 3. The molecule has 0 heterocycles. The van der Waals surface area contributed by atoms with E-state index in [-0.39, 0.29) is 5.78 Å². The summed E-state index contributed by atoms with van der Waals surface area (Å²) in [6.45, 7) is 3.62. The van der Waals surface area contributed by atoms with E-state index in [0.717, 1.165) is 17.5 Å². The van der Waals surface area contributed by atoms with Gasteiger partial charge < -0.3 is 14.2 Å². The number of carbonyl (C=O) groups is 2. The molecule has 1 atom stereocenters. The van der Waals surface area contributed by atoms with Crippen LogP contribution in [-0.2, 0) is 16.0 Å². The smallest absolute Gasteiger partial charge is 0.331 e. The van der Waals surface area contributed by atoms with Crippen molar-refractivity contribution < 1.29 is 23.8 Å². The molecule has 0 saturated heterocycles. The molecule has 0 N–H and O–H groups in total. The highest BCUT2D eigenvalue weighted by Crippen LogP contribution is 2.28. The van der Waals surface area contributed by atoms with E-state index >= 15 is 0 Å². The molecule has 0 amide bonds. The highest BCUT2D eigenvalue weighted by molar-refractivity contribution is 6.01. The number of benzene rings is 2. The van der Waals surface area contributed by atoms with Crippen molar-refractivity contribution in [2.75, 3.05) is 14.2 Å². The van der Waals surface area contributed by atoms with Gasteiger partial charge in [0.05, 0.1) is 14.2 Å². The Balaban J connectivity index is 1.99. The Morgan fingerprint density at radius 1 is 1.00 bits per heavy atom. The molecule has 1 unspecified atom stereocenters. The zero-order chi connectivity index (χ0) is 19.8. The van der Waals surface area contributed by atoms with E-state index in [1.165, 1.54) is 6.08 Å². The molecule has 0 saturated carbocycles. The summed E-state index contributed by atoms with van der Waals surface area (Å²) in [5, 5.41) is 0. The van der Waals surface area contributed by atoms with E-state index in [1.54, 1.807) is 57.6 Å². The van der Waals surface area contributed by atoms with Gasteiger partial charge in [0.2, 0.25) is 5.78 Å². The number of esters is 1. The largest absolute Gasteiger partial charge is 0.493 e. The summed E-state index contributed by atoms with van der Waals surface area (Å²) < 4.78 is 15.6. The predicted molar refractivity (Wildman–Crippen MR) is 104 cm³/mol. The number of ketones is 1. The van der Waals surface area contributed by atoms with Crippen LogP contribution in [-0.4, -0.2) is 32.1 Å². The Hall–Kier alpha value is -3.08. The van der Waals surface area contributed by atoms with Crippen molar-refractivity contribution in [3.63, 3.8) is 0 Å². The molecular formula is C22H24O5. The van der Waals surface area contributed by atoms with Gasteiger partial charge >= 0.3 is 5.97 Å². The molecule has 5 nitrogen and oxygen atoms in total. The summed E-state index contributed by atoms with van der Waals surface area (Å²) in [7, 11) is 3.10. The van der Waals surface area contributed by atoms with Gasteiger partial charge in [0, 0.05) is 11.6 Å². The van der Waals surface area contributed by atoms with Crippen LogP contribution in [0.5, 0.6) is 11.5 Å². The van der Waals surface area contributed by atoms with Gasteiger partial charge in [-0.2, -0.15) is 0 Å². The van der Waals surface area contributed by atoms with E-state index in [9.17, 15) is 9.59 Å². The minimum atomic E-state index is -0.861. The third-order valence-electron chi connectivity index (χ3n) is 4.13. The monoisotopic (exact) mass is 368 g/mol. The zero-order valence-corrected chi connectivity index (χ0v) is 16.0. The molecule has 2 aromatic carbocycles. The number of carbonyl (C=O) groups excluding carboxylic acids is 2. The highest BCUT2D eigenvalue weighted by atomic mass is 16.5. The van der Waals surface area contributed by atoms with Gasteiger partial charge in [0.25, 0.3) is 0 Å². The lowest BCUT2D eigenvalue weighted by Crippen LogP contribution is -2.23. The summed E-state index contributed by atoms with van der Waals surface area (Å²) in [6.07, 6.45) is 2.92. The molecule has 0 spiro atoms. The summed E-state index contributed by atoms with van der Waals surface area (Å²) in [6, 6.07) is 12.6. The quantitative estimate of drug-likeness (QED) is 0.399. The van der Waals surface area contributed by atoms with E-state index in [0.29, 0.717) is 17.1 Å². The summed E-state index contributed by atoms with van der Waals surface area (Å²) in [5.41, 5.74) is 2.42. The number of methoxy groups -OCH3 is 2. The standard InChI is InChI=1S/C22H24O5/c1-5-16-6-10-18(11-7-16)22(24)15(2)27-21(23)13-9-17-8-12-19(25-3)20(14-17)26-4/h6-15H,5H2,1-4H3. The first-order valence-electron chi connectivity index (χ1n) is 8.72. The minimum absolute atomic E-state index is 0.231. The van der Waals surface area contributed by atoms with Crippen molar-refractivity contribution in [2.24, 2.45) is 0 Å². The lowest BCUT2D eigenvalue weighted by atomic mass is 10.0. The molecule has 142 valence electrons. The van der Waals surface area contributed by atoms with Crippen LogP contribution in [0.4, 0.5) is 0 Å². The predicted octanol–water partition coefficient (Wildman–Crippen LogP) is 4.09. The fourth-order valence-electron chi connectivity index (χ4n) is 2.53. The molecule has 0 aliphatic heterocycles. The van der Waals surface area contributed by atoms with Gasteiger partial charge in [-0.1, -0.05) is 37.3 Å². The molecule has 5 heteroatoms. The second kappa shape index (κ2) is 9.57. The maximum Gasteiger partial charge on any atom is 0.331 e. The van der Waals surface area contributed by atoms with Gasteiger partial charge in [-0.15, -0.1) is 0 Å². The van der Waals surface area contributed by atoms with Gasteiger partial charge in [0.15, 0.2) is 17.6 Å². The van der Waals surface area contributed by atoms with Crippen molar-refractivity contribution >= 4 is 17.8 Å². The molecule has 0 aromatic heterocycles. The molecular weight excluding hydrogens is 344 g/mol. The fourth-order valence-corrected chi connectivity index (χ4v) is 2.53. The Labute approximate surface area is 159 Å². The van der Waals surface area contributed by atoms with Gasteiger partial charge in [-0.3, -0.25) is 4.79 Å². The average Bonchev–Trinajstić information content (AvgIpc) is 2.71. The third-order valence-corrected chi connectivity index (χ3v) is 4.13. The topological polar surface area (TPSA) is 61.8 Å². The maximum absolute atomic E-state index is 12.4. The normalized spacial score (nSPS) is 11.9. The van der Waals surface area contributed by atoms with Crippen LogP contribution >= 0.6 is 0 Å². The second-order valence-corrected chi connectivity index (χ2v) is 5.94. The first-order valence-corrected chi connectivity index (χ1v) is 8.72. The number of rotatable bonds is 8. The van der Waals surface area contributed by atoms with Crippen LogP contribution in [0.1, 0.15) is 35.3 Å². The van der Waals surface area contributed by atoms with Crippen molar-refractivity contribution in [3.05, 3.63) is 65.2 Å². The summed E-state index contributed by atoms with van der Waals surface area (Å²) in [4.78, 5) is 24.4. The van der Waals surface area contributed by atoms with Crippen LogP contribution in [0, 0.1) is 0 Å². The molecule has 27 heavy (non-hydrogen) atoms. The fraction of sp³-hybridized carbons (Fsp3) is 0.273. The highest BCUT2D eigenvalue weighted by Gasteiger charge is 2.18. The molecule has 2 aromatic rings. The van der Waals surface area contributed by atoms with E-state index < -0.39 is 12.1 Å². The van der Waals surface area contributed by atoms with Crippen LogP contribution in [0.3, 0.4) is 0 Å². The van der Waals surface area contributed by atoms with E-state index in [1.807, 2.05) is 19.1 Å². The summed E-state index contributed by atoms with van der Waals surface area (Å²) in [5.74, 6) is 0.346. The van der Waals surface area contributed by atoms with Gasteiger partial charge in [-0.25, -0.2) is 4.79 Å². The van der Waals surface area contributed by atoms with Crippen LogP contribution in [0.2, 0.25) is 0 Å². The number of aryl methyl sites for hydroxylation is 1. The Morgan fingerprint density at radius 3 is 2.26 bits per heavy atom. The van der Waals surface area contributed by atoms with Crippen molar-refractivity contribution in [2.45, 2.75) is 26.4 Å². The molecule has 2 rings (SSSR count). The van der Waals surface area contributed by atoms with E-state index in [4.69, 9.17) is 14.2 Å². The Kier molecular flexibility index (Phi) is 7.17. The van der Waals surface area contributed by atoms with Crippen LogP contribution in [0.15, 0.2) is 48.5 Å². The van der Waals surface area contributed by atoms with Crippen molar-refractivity contribution in [1.29, 1.82) is 0 Å². The lowest BCUT2D eigenvalue weighted by Gasteiger charge is -2.11. The van der Waals surface area contributed by atoms with Crippen molar-refractivity contribution in [1.82, 2.24) is 0 Å². The lowest BCUT2D eigenvalue weighted by molar-refractivity contribution is -0.140. The maximum atomic E-state index is 12.4. The zero-order valence-electron chi connectivity index (χ0n) is 16.0. The minimum Gasteiger partial charge on any atom is -0.493 e. The Morgan fingerprint density at radius 2 is 1.67 bits per heavy atom. The number of Topliss-reactive ketones (excluding diaryl/α,β-unsaturated/α-hetero) is 1. The number of hydrogen-bond acceptors (Lipinski definition) is 5. The Bertz CT molecular complexity index is 821. The van der Waals surface area contributed by atoms with E-state index in [2.05, 4.69) is 0 Å². The first kappa shape index (κ1) is 20.2. The third kappa shape index (κ3) is 5.45.